The van der Waals surface area contributed by atoms with E-state index in [2.05, 4.69) is 162 Å². The summed E-state index contributed by atoms with van der Waals surface area (Å²) in [5, 5.41) is 4.27. The first-order valence-corrected chi connectivity index (χ1v) is 18.3. The molecule has 1 aliphatic carbocycles. The molecular weight excluding hydrogens is 583 g/mol. The molecule has 1 N–H and O–H groups in total. The molecule has 3 aromatic carbocycles. The SMILES string of the molecule is CC1=C(/C=C/C(C)=C/C=C/C(C)=C/C[P+](c2ccccc2)(c2ccccc2)c2ccccc2)C(C)(C)CCC1.O=S(=O)([O-])O. The van der Waals surface area contributed by atoms with E-state index >= 15 is 0 Å². The largest absolute Gasteiger partial charge is 0.726 e. The predicted octanol–water partition coefficient (Wildman–Crippen LogP) is 8.52. The Labute approximate surface area is 265 Å². The highest BCUT2D eigenvalue weighted by atomic mass is 32.3. The van der Waals surface area contributed by atoms with Gasteiger partial charge in [0.05, 0.1) is 6.16 Å². The smallest absolute Gasteiger partial charge is 0.215 e. The summed E-state index contributed by atoms with van der Waals surface area (Å²) in [5.41, 5.74) is 5.92. The zero-order chi connectivity index (χ0) is 32.2. The highest BCUT2D eigenvalue weighted by Gasteiger charge is 2.44. The van der Waals surface area contributed by atoms with Gasteiger partial charge in [0.15, 0.2) is 0 Å². The van der Waals surface area contributed by atoms with Crippen LogP contribution < -0.4 is 15.9 Å². The zero-order valence-electron chi connectivity index (χ0n) is 26.5. The van der Waals surface area contributed by atoms with Crippen LogP contribution in [0.15, 0.2) is 150 Å². The van der Waals surface area contributed by atoms with Crippen LogP contribution in [0.3, 0.4) is 0 Å². The summed E-state index contributed by atoms with van der Waals surface area (Å²) in [4.78, 5) is 0. The molecule has 0 fully saturated rings. The first-order valence-electron chi connectivity index (χ1n) is 15.0. The van der Waals surface area contributed by atoms with Gasteiger partial charge in [-0.25, -0.2) is 8.42 Å². The third-order valence-electron chi connectivity index (χ3n) is 8.05. The molecule has 0 amide bonds. The summed E-state index contributed by atoms with van der Waals surface area (Å²) >= 11 is 0. The van der Waals surface area contributed by atoms with Crippen LogP contribution in [-0.2, 0) is 10.4 Å². The molecule has 0 saturated carbocycles. The van der Waals surface area contributed by atoms with E-state index in [0.29, 0.717) is 0 Å². The highest BCUT2D eigenvalue weighted by Crippen LogP contribution is 2.55. The fourth-order valence-electron chi connectivity index (χ4n) is 5.79. The summed E-state index contributed by atoms with van der Waals surface area (Å²) in [6.07, 6.45) is 18.6. The quantitative estimate of drug-likeness (QED) is 0.112. The Morgan fingerprint density at radius 1 is 0.841 bits per heavy atom. The maximum Gasteiger partial charge on any atom is 0.215 e. The molecule has 3 aromatic rings. The average Bonchev–Trinajstić information content (AvgIpc) is 2.98. The molecule has 0 atom stereocenters. The monoisotopic (exact) mass is 628 g/mol. The van der Waals surface area contributed by atoms with E-state index in [1.165, 1.54) is 51.9 Å². The maximum absolute atomic E-state index is 8.63. The van der Waals surface area contributed by atoms with Crippen molar-refractivity contribution in [1.29, 1.82) is 0 Å². The van der Waals surface area contributed by atoms with Crippen molar-refractivity contribution in [2.45, 2.75) is 53.9 Å². The Morgan fingerprint density at radius 3 is 1.73 bits per heavy atom. The Morgan fingerprint density at radius 2 is 1.30 bits per heavy atom. The molecule has 1 aliphatic rings. The summed E-state index contributed by atoms with van der Waals surface area (Å²) in [6, 6.07) is 33.3. The molecule has 6 heteroatoms. The topological polar surface area (TPSA) is 77.4 Å². The van der Waals surface area contributed by atoms with Crippen molar-refractivity contribution in [2.24, 2.45) is 5.41 Å². The molecule has 4 rings (SSSR count). The van der Waals surface area contributed by atoms with Crippen molar-refractivity contribution >= 4 is 33.6 Å². The van der Waals surface area contributed by atoms with Crippen molar-refractivity contribution < 1.29 is 17.5 Å². The number of hydrogen-bond donors (Lipinski definition) is 1. The van der Waals surface area contributed by atoms with Gasteiger partial charge < -0.3 is 4.55 Å². The first-order chi connectivity index (χ1) is 20.8. The number of benzene rings is 3. The molecule has 0 spiro atoms. The lowest BCUT2D eigenvalue weighted by molar-refractivity contribution is 0.366. The molecule has 232 valence electrons. The van der Waals surface area contributed by atoms with Crippen molar-refractivity contribution in [3.8, 4) is 0 Å². The molecular formula is C38H45O4PS. The van der Waals surface area contributed by atoms with Gasteiger partial charge in [0, 0.05) is 0 Å². The minimum Gasteiger partial charge on any atom is -0.726 e. The predicted molar refractivity (Wildman–Crippen MR) is 188 cm³/mol. The van der Waals surface area contributed by atoms with Gasteiger partial charge in [-0.05, 0) is 93.5 Å². The van der Waals surface area contributed by atoms with Gasteiger partial charge in [0.1, 0.15) is 23.2 Å². The number of allylic oxidation sites excluding steroid dienone is 10. The third kappa shape index (κ3) is 10.4. The van der Waals surface area contributed by atoms with E-state index in [4.69, 9.17) is 17.5 Å². The van der Waals surface area contributed by atoms with Crippen molar-refractivity contribution in [1.82, 2.24) is 0 Å². The van der Waals surface area contributed by atoms with Crippen LogP contribution in [0.2, 0.25) is 0 Å². The summed E-state index contributed by atoms with van der Waals surface area (Å²) in [7, 11) is -6.76. The van der Waals surface area contributed by atoms with Crippen molar-refractivity contribution in [2.75, 3.05) is 6.16 Å². The lowest BCUT2D eigenvalue weighted by atomic mass is 9.72. The van der Waals surface area contributed by atoms with Crippen molar-refractivity contribution in [3.05, 3.63) is 150 Å². The number of hydrogen-bond acceptors (Lipinski definition) is 3. The second kappa shape index (κ2) is 16.1. The van der Waals surface area contributed by atoms with Crippen LogP contribution in [-0.4, -0.2) is 23.7 Å². The lowest BCUT2D eigenvalue weighted by Crippen LogP contribution is -2.33. The molecule has 0 bridgehead atoms. The zero-order valence-corrected chi connectivity index (χ0v) is 28.2. The minimum atomic E-state index is -4.92. The molecule has 4 nitrogen and oxygen atoms in total. The Hall–Kier alpha value is -3.34. The molecule has 0 saturated heterocycles. The average molecular weight is 629 g/mol. The molecule has 0 unspecified atom stereocenters. The Kier molecular flexibility index (Phi) is 12.9. The fourth-order valence-corrected chi connectivity index (χ4v) is 9.92. The van der Waals surface area contributed by atoms with Crippen molar-refractivity contribution in [3.63, 3.8) is 0 Å². The van der Waals surface area contributed by atoms with Crippen LogP contribution in [0.1, 0.15) is 53.9 Å². The summed E-state index contributed by atoms with van der Waals surface area (Å²) < 4.78 is 32.8. The Balaban J connectivity index is 0.000000978. The maximum atomic E-state index is 8.63. The Bertz CT molecular complexity index is 1510. The van der Waals surface area contributed by atoms with Gasteiger partial charge in [-0.2, -0.15) is 0 Å². The molecule has 0 heterocycles. The van der Waals surface area contributed by atoms with E-state index in [1.807, 2.05) is 0 Å². The summed E-state index contributed by atoms with van der Waals surface area (Å²) in [5.74, 6) is 0. The molecule has 44 heavy (non-hydrogen) atoms. The number of rotatable bonds is 9. The van der Waals surface area contributed by atoms with Crippen LogP contribution in [0.25, 0.3) is 0 Å². The van der Waals surface area contributed by atoms with Crippen LogP contribution in [0.5, 0.6) is 0 Å². The van der Waals surface area contributed by atoms with Gasteiger partial charge in [-0.15, -0.1) is 0 Å². The second-order valence-corrected chi connectivity index (χ2v) is 16.3. The van der Waals surface area contributed by atoms with Crippen LogP contribution in [0.4, 0.5) is 0 Å². The third-order valence-corrected chi connectivity index (χ3v) is 12.3. The van der Waals surface area contributed by atoms with Crippen LogP contribution in [0, 0.1) is 5.41 Å². The lowest BCUT2D eigenvalue weighted by Gasteiger charge is -2.32. The minimum absolute atomic E-state index is 0.278. The standard InChI is InChI=1S/C38H44P.H2O4S/c1-31(26-27-37-33(3)19-16-29-38(37,4)5)17-15-18-32(2)28-30-39(34-20-9-6-10-21-34,35-22-11-7-12-23-35)36-24-13-8-14-25-36;1-5(2,3)4/h6-15,17-18,20-28H,16,19,29-30H2,1-5H3;(H2,1,2,3,4)/q+1;/p-1/b18-15+,27-26+,31-17+,32-28+;. The highest BCUT2D eigenvalue weighted by molar-refractivity contribution is 7.95. The summed E-state index contributed by atoms with van der Waals surface area (Å²) in [6.45, 7) is 11.5. The van der Waals surface area contributed by atoms with Gasteiger partial charge in [0.2, 0.25) is 10.4 Å². The van der Waals surface area contributed by atoms with Crippen LogP contribution >= 0.6 is 7.26 Å². The molecule has 0 radical (unpaired) electrons. The fraction of sp³-hybridized carbons (Fsp3) is 0.263. The molecule has 0 aromatic heterocycles. The first kappa shape index (κ1) is 35.1. The van der Waals surface area contributed by atoms with Gasteiger partial charge in [-0.3, -0.25) is 4.55 Å². The molecule has 0 aliphatic heterocycles. The van der Waals surface area contributed by atoms with Gasteiger partial charge in [-0.1, -0.05) is 116 Å². The normalized spacial score (nSPS) is 16.2. The van der Waals surface area contributed by atoms with E-state index in [0.717, 1.165) is 6.16 Å². The second-order valence-electron chi connectivity index (χ2n) is 11.9. The van der Waals surface area contributed by atoms with E-state index in [1.54, 1.807) is 5.57 Å². The van der Waals surface area contributed by atoms with Gasteiger partial charge >= 0.3 is 0 Å². The van der Waals surface area contributed by atoms with E-state index in [9.17, 15) is 0 Å². The van der Waals surface area contributed by atoms with E-state index in [-0.39, 0.29) is 5.41 Å². The van der Waals surface area contributed by atoms with Gasteiger partial charge in [0.25, 0.3) is 0 Å². The van der Waals surface area contributed by atoms with E-state index < -0.39 is 17.7 Å².